The quantitative estimate of drug-likeness (QED) is 0.791. The lowest BCUT2D eigenvalue weighted by Crippen LogP contribution is -2.24. The van der Waals surface area contributed by atoms with Crippen LogP contribution in [0.5, 0.6) is 0 Å². The summed E-state index contributed by atoms with van der Waals surface area (Å²) in [5.74, 6) is -0.230. The zero-order valence-corrected chi connectivity index (χ0v) is 12.9. The van der Waals surface area contributed by atoms with Crippen LogP contribution in [-0.4, -0.2) is 36.3 Å². The molecule has 0 fully saturated rings. The summed E-state index contributed by atoms with van der Waals surface area (Å²) >= 11 is 0. The van der Waals surface area contributed by atoms with E-state index in [2.05, 4.69) is 20.4 Å². The molecule has 8 heteroatoms. The summed E-state index contributed by atoms with van der Waals surface area (Å²) in [6, 6.07) is 4.53. The van der Waals surface area contributed by atoms with Gasteiger partial charge in [-0.3, -0.25) is 0 Å². The van der Waals surface area contributed by atoms with Gasteiger partial charge in [0.25, 0.3) is 0 Å². The molecular formula is C15H15N5O3. The van der Waals surface area contributed by atoms with Crippen LogP contribution in [0.15, 0.2) is 22.6 Å². The van der Waals surface area contributed by atoms with Crippen LogP contribution in [0.4, 0.5) is 0 Å². The molecule has 3 aromatic rings. The fourth-order valence-electron chi connectivity index (χ4n) is 1.87. The van der Waals surface area contributed by atoms with Crippen molar-refractivity contribution in [2.24, 2.45) is 0 Å². The van der Waals surface area contributed by atoms with Gasteiger partial charge in [-0.25, -0.2) is 9.78 Å². The van der Waals surface area contributed by atoms with Crippen molar-refractivity contribution >= 4 is 29.2 Å². The van der Waals surface area contributed by atoms with E-state index in [1.807, 2.05) is 20.8 Å². The monoisotopic (exact) mass is 313 g/mol. The molecule has 1 aromatic carbocycles. The second-order valence-corrected chi connectivity index (χ2v) is 5.98. The van der Waals surface area contributed by atoms with Crippen molar-refractivity contribution in [3.63, 3.8) is 0 Å². The summed E-state index contributed by atoms with van der Waals surface area (Å²) in [5.41, 5.74) is 0.903. The molecule has 0 saturated carbocycles. The van der Waals surface area contributed by atoms with Gasteiger partial charge in [0.1, 0.15) is 5.52 Å². The minimum Gasteiger partial charge on any atom is -0.478 e. The van der Waals surface area contributed by atoms with Crippen LogP contribution in [0.25, 0.3) is 23.3 Å². The normalized spacial score (nSPS) is 12.3. The highest BCUT2D eigenvalue weighted by atomic mass is 16.4. The highest BCUT2D eigenvalue weighted by Crippen LogP contribution is 2.19. The number of aromatic carboxylic acids is 1. The van der Waals surface area contributed by atoms with Crippen molar-refractivity contribution in [3.05, 3.63) is 35.5 Å². The maximum absolute atomic E-state index is 10.9. The molecule has 0 aliphatic carbocycles. The van der Waals surface area contributed by atoms with E-state index in [1.54, 1.807) is 18.2 Å². The number of hydrogen-bond acceptors (Lipinski definition) is 6. The molecule has 118 valence electrons. The van der Waals surface area contributed by atoms with Gasteiger partial charge >= 0.3 is 5.97 Å². The third-order valence-corrected chi connectivity index (χ3v) is 3.06. The lowest BCUT2D eigenvalue weighted by Gasteiger charge is -2.15. The predicted octanol–water partition coefficient (Wildman–Crippen LogP) is 2.44. The van der Waals surface area contributed by atoms with Crippen LogP contribution in [0.2, 0.25) is 0 Å². The Bertz CT molecular complexity index is 901. The Hall–Kier alpha value is -3.03. The summed E-state index contributed by atoms with van der Waals surface area (Å²) in [6.45, 7) is 5.93. The Morgan fingerprint density at radius 3 is 2.74 bits per heavy atom. The molecule has 1 N–H and O–H groups in total. The van der Waals surface area contributed by atoms with E-state index in [1.165, 1.54) is 16.9 Å². The second kappa shape index (κ2) is 5.31. The second-order valence-electron chi connectivity index (χ2n) is 5.98. The van der Waals surface area contributed by atoms with Crippen molar-refractivity contribution in [2.75, 3.05) is 0 Å². The number of aromatic nitrogens is 5. The topological polar surface area (TPSA) is 107 Å². The molecule has 0 spiro atoms. The molecule has 2 aromatic heterocycles. The fraction of sp³-hybridized carbons (Fsp3) is 0.267. The minimum absolute atomic E-state index is 0.152. The molecule has 8 nitrogen and oxygen atoms in total. The van der Waals surface area contributed by atoms with Gasteiger partial charge in [0.05, 0.1) is 11.1 Å². The smallest absolute Gasteiger partial charge is 0.335 e. The first-order chi connectivity index (χ1) is 10.8. The molecule has 0 amide bonds. The van der Waals surface area contributed by atoms with Crippen LogP contribution in [0.1, 0.15) is 42.8 Å². The van der Waals surface area contributed by atoms with E-state index in [-0.39, 0.29) is 11.1 Å². The van der Waals surface area contributed by atoms with Crippen molar-refractivity contribution in [1.82, 2.24) is 25.2 Å². The highest BCUT2D eigenvalue weighted by molar-refractivity contribution is 5.92. The number of benzene rings is 1. The Labute approximate surface area is 131 Å². The van der Waals surface area contributed by atoms with E-state index in [0.717, 1.165) is 0 Å². The number of rotatable bonds is 3. The van der Waals surface area contributed by atoms with Crippen LogP contribution in [0, 0.1) is 0 Å². The minimum atomic E-state index is -1.01. The zero-order chi connectivity index (χ0) is 16.6. The first-order valence-electron chi connectivity index (χ1n) is 6.95. The molecule has 0 radical (unpaired) electrons. The molecule has 0 unspecified atom stereocenters. The number of fused-ring (bicyclic) bond motifs is 1. The number of tetrazole rings is 1. The summed E-state index contributed by atoms with van der Waals surface area (Å²) in [5, 5.41) is 21.1. The third-order valence-electron chi connectivity index (χ3n) is 3.06. The van der Waals surface area contributed by atoms with E-state index in [0.29, 0.717) is 22.8 Å². The Morgan fingerprint density at radius 1 is 1.30 bits per heavy atom. The number of carbonyl (C=O) groups is 1. The van der Waals surface area contributed by atoms with E-state index >= 15 is 0 Å². The highest BCUT2D eigenvalue weighted by Gasteiger charge is 2.16. The lowest BCUT2D eigenvalue weighted by atomic mass is 10.1. The van der Waals surface area contributed by atoms with E-state index in [4.69, 9.17) is 9.52 Å². The van der Waals surface area contributed by atoms with E-state index in [9.17, 15) is 4.79 Å². The SMILES string of the molecule is CC(C)(C)n1nnc(C=Cc2nc3ccc(C(=O)O)cc3o2)n1. The molecule has 0 aliphatic heterocycles. The van der Waals surface area contributed by atoms with Gasteiger partial charge in [0.15, 0.2) is 11.4 Å². The first-order valence-corrected chi connectivity index (χ1v) is 6.95. The Kier molecular flexibility index (Phi) is 3.44. The van der Waals surface area contributed by atoms with Crippen LogP contribution < -0.4 is 0 Å². The Morgan fingerprint density at radius 2 is 2.09 bits per heavy atom. The summed E-state index contributed by atoms with van der Waals surface area (Å²) in [7, 11) is 0. The van der Waals surface area contributed by atoms with Gasteiger partial charge in [0, 0.05) is 6.08 Å². The first kappa shape index (κ1) is 14.9. The molecule has 2 heterocycles. The molecule has 0 saturated heterocycles. The zero-order valence-electron chi connectivity index (χ0n) is 12.9. The maximum Gasteiger partial charge on any atom is 0.335 e. The van der Waals surface area contributed by atoms with Crippen LogP contribution >= 0.6 is 0 Å². The van der Waals surface area contributed by atoms with Gasteiger partial charge in [-0.05, 0) is 50.3 Å². The summed E-state index contributed by atoms with van der Waals surface area (Å²) in [4.78, 5) is 16.7. The maximum atomic E-state index is 10.9. The molecule has 23 heavy (non-hydrogen) atoms. The average Bonchev–Trinajstić information content (AvgIpc) is 3.10. The van der Waals surface area contributed by atoms with Crippen molar-refractivity contribution in [3.8, 4) is 0 Å². The largest absolute Gasteiger partial charge is 0.478 e. The number of hydrogen-bond donors (Lipinski definition) is 1. The fourth-order valence-corrected chi connectivity index (χ4v) is 1.87. The van der Waals surface area contributed by atoms with Gasteiger partial charge in [-0.1, -0.05) is 0 Å². The standard InChI is InChI=1S/C15H15N5O3/c1-15(2,3)20-18-12(17-19-20)6-7-13-16-10-5-4-9(14(21)22)8-11(10)23-13/h4-8H,1-3H3,(H,21,22). The number of carboxylic acids is 1. The average molecular weight is 313 g/mol. The predicted molar refractivity (Wildman–Crippen MR) is 82.7 cm³/mol. The number of oxazole rings is 1. The van der Waals surface area contributed by atoms with E-state index < -0.39 is 5.97 Å². The van der Waals surface area contributed by atoms with Gasteiger partial charge in [-0.2, -0.15) is 4.80 Å². The van der Waals surface area contributed by atoms with Crippen molar-refractivity contribution in [1.29, 1.82) is 0 Å². The molecule has 3 rings (SSSR count). The Balaban J connectivity index is 1.86. The van der Waals surface area contributed by atoms with Gasteiger partial charge in [-0.15, -0.1) is 10.2 Å². The van der Waals surface area contributed by atoms with Crippen LogP contribution in [-0.2, 0) is 5.54 Å². The molecule has 0 bridgehead atoms. The number of carboxylic acid groups (broad SMARTS) is 1. The van der Waals surface area contributed by atoms with Crippen molar-refractivity contribution in [2.45, 2.75) is 26.3 Å². The van der Waals surface area contributed by atoms with Gasteiger partial charge < -0.3 is 9.52 Å². The summed E-state index contributed by atoms with van der Waals surface area (Å²) in [6.07, 6.45) is 3.25. The lowest BCUT2D eigenvalue weighted by molar-refractivity contribution is 0.0697. The van der Waals surface area contributed by atoms with Crippen LogP contribution in [0.3, 0.4) is 0 Å². The van der Waals surface area contributed by atoms with Crippen molar-refractivity contribution < 1.29 is 14.3 Å². The third kappa shape index (κ3) is 3.10. The molecule has 0 atom stereocenters. The van der Waals surface area contributed by atoms with Gasteiger partial charge in [0.2, 0.25) is 5.89 Å². The molecule has 0 aliphatic rings. The molecular weight excluding hydrogens is 298 g/mol. The number of nitrogens with zero attached hydrogens (tertiary/aromatic N) is 5. The summed E-state index contributed by atoms with van der Waals surface area (Å²) < 4.78 is 5.51.